The summed E-state index contributed by atoms with van der Waals surface area (Å²) in [4.78, 5) is 21.6. The molecule has 0 aliphatic heterocycles. The maximum atomic E-state index is 14.9. The zero-order valence-corrected chi connectivity index (χ0v) is 23.9. The molecule has 0 radical (unpaired) electrons. The minimum Gasteiger partial charge on any atom is -0.497 e. The number of furan rings is 1. The quantitative estimate of drug-likeness (QED) is 0.234. The molecule has 0 amide bonds. The van der Waals surface area contributed by atoms with Crippen molar-refractivity contribution in [3.05, 3.63) is 112 Å². The predicted octanol–water partition coefficient (Wildman–Crippen LogP) is 6.19. The van der Waals surface area contributed by atoms with Gasteiger partial charge in [-0.2, -0.15) is 0 Å². The molecule has 7 nitrogen and oxygen atoms in total. The average molecular weight is 543 g/mol. The number of methoxy groups -OCH3 is 1. The maximum Gasteiger partial charge on any atom is 0.267 e. The van der Waals surface area contributed by atoms with Gasteiger partial charge in [0.25, 0.3) is 5.56 Å². The van der Waals surface area contributed by atoms with Crippen LogP contribution in [0.4, 0.5) is 4.39 Å². The van der Waals surface area contributed by atoms with Gasteiger partial charge >= 0.3 is 0 Å². The van der Waals surface area contributed by atoms with Gasteiger partial charge in [-0.1, -0.05) is 51.1 Å². The summed E-state index contributed by atoms with van der Waals surface area (Å²) >= 11 is 0. The van der Waals surface area contributed by atoms with E-state index in [-0.39, 0.29) is 23.3 Å². The van der Waals surface area contributed by atoms with Crippen LogP contribution in [-0.2, 0) is 25.0 Å². The zero-order valence-electron chi connectivity index (χ0n) is 23.9. The van der Waals surface area contributed by atoms with Crippen molar-refractivity contribution in [1.29, 1.82) is 0 Å². The number of imidazole rings is 1. The van der Waals surface area contributed by atoms with Gasteiger partial charge in [-0.05, 0) is 49.9 Å². The van der Waals surface area contributed by atoms with Crippen molar-refractivity contribution in [2.24, 2.45) is 0 Å². The van der Waals surface area contributed by atoms with E-state index in [1.165, 1.54) is 6.07 Å². The first-order valence-electron chi connectivity index (χ1n) is 13.3. The monoisotopic (exact) mass is 542 g/mol. The fourth-order valence-electron chi connectivity index (χ4n) is 5.21. The first-order chi connectivity index (χ1) is 19.1. The molecule has 0 unspecified atom stereocenters. The lowest BCUT2D eigenvalue weighted by Crippen LogP contribution is -2.28. The Labute approximate surface area is 233 Å². The lowest BCUT2D eigenvalue weighted by atomic mass is 9.90. The van der Waals surface area contributed by atoms with Crippen LogP contribution in [0.5, 0.6) is 5.75 Å². The van der Waals surface area contributed by atoms with Crippen LogP contribution < -0.4 is 10.3 Å². The summed E-state index contributed by atoms with van der Waals surface area (Å²) in [5.41, 5.74) is 3.57. The third-order valence-corrected chi connectivity index (χ3v) is 7.16. The highest BCUT2D eigenvalue weighted by Gasteiger charge is 2.29. The summed E-state index contributed by atoms with van der Waals surface area (Å²) in [7, 11) is 3.59. The fourth-order valence-corrected chi connectivity index (χ4v) is 5.21. The molecule has 0 saturated heterocycles. The summed E-state index contributed by atoms with van der Waals surface area (Å²) in [5, 5.41) is 0. The maximum absolute atomic E-state index is 14.9. The van der Waals surface area contributed by atoms with Crippen LogP contribution in [-0.4, -0.2) is 33.0 Å². The predicted molar refractivity (Wildman–Crippen MR) is 154 cm³/mol. The Morgan fingerprint density at radius 1 is 1.05 bits per heavy atom. The van der Waals surface area contributed by atoms with Crippen molar-refractivity contribution >= 4 is 5.78 Å². The van der Waals surface area contributed by atoms with E-state index in [1.54, 1.807) is 29.9 Å². The summed E-state index contributed by atoms with van der Waals surface area (Å²) in [5.74, 6) is 1.67. The number of halogens is 1. The van der Waals surface area contributed by atoms with Gasteiger partial charge in [0.2, 0.25) is 5.78 Å². The zero-order chi connectivity index (χ0) is 28.6. The lowest BCUT2D eigenvalue weighted by Gasteiger charge is -2.21. The molecule has 0 N–H and O–H groups in total. The number of nitrogens with zero attached hydrogens (tertiary/aromatic N) is 4. The van der Waals surface area contributed by atoms with E-state index in [9.17, 15) is 9.18 Å². The molecule has 3 heterocycles. The highest BCUT2D eigenvalue weighted by atomic mass is 19.1. The second-order valence-electron chi connectivity index (χ2n) is 11.2. The molecular formula is C32H35FN4O3. The van der Waals surface area contributed by atoms with Crippen LogP contribution >= 0.6 is 0 Å². The summed E-state index contributed by atoms with van der Waals surface area (Å²) in [6.45, 7) is 9.42. The molecule has 5 rings (SSSR count). The van der Waals surface area contributed by atoms with Gasteiger partial charge in [0, 0.05) is 23.2 Å². The van der Waals surface area contributed by atoms with Crippen molar-refractivity contribution in [3.63, 3.8) is 0 Å². The van der Waals surface area contributed by atoms with Gasteiger partial charge in [-0.15, -0.1) is 0 Å². The summed E-state index contributed by atoms with van der Waals surface area (Å²) < 4.78 is 29.6. The van der Waals surface area contributed by atoms with Crippen LogP contribution in [0.15, 0.2) is 76.1 Å². The van der Waals surface area contributed by atoms with Gasteiger partial charge in [-0.25, -0.2) is 13.8 Å². The first kappa shape index (κ1) is 27.4. The van der Waals surface area contributed by atoms with Gasteiger partial charge in [0.15, 0.2) is 0 Å². The number of hydrogen-bond donors (Lipinski definition) is 0. The molecule has 8 heteroatoms. The Balaban J connectivity index is 1.80. The van der Waals surface area contributed by atoms with Crippen LogP contribution in [0, 0.1) is 12.7 Å². The number of fused-ring (bicyclic) bond motifs is 1. The van der Waals surface area contributed by atoms with Crippen LogP contribution in [0.2, 0.25) is 0 Å². The van der Waals surface area contributed by atoms with E-state index in [0.29, 0.717) is 41.4 Å². The van der Waals surface area contributed by atoms with E-state index >= 15 is 0 Å². The van der Waals surface area contributed by atoms with E-state index in [2.05, 4.69) is 25.7 Å². The molecule has 3 aromatic heterocycles. The van der Waals surface area contributed by atoms with Crippen molar-refractivity contribution < 1.29 is 13.5 Å². The molecule has 0 aliphatic rings. The second kappa shape index (κ2) is 10.8. The van der Waals surface area contributed by atoms with Crippen LogP contribution in [0.25, 0.3) is 16.9 Å². The SMILES string of the molecule is COc1cccc(-c2c(C)n(Cc3ccccc3F)c3nc(C(C)(C)C)c(CN(C)Cc4ccco4)n3c2=O)c1. The molecule has 0 spiro atoms. The van der Waals surface area contributed by atoms with Gasteiger partial charge < -0.3 is 13.7 Å². The van der Waals surface area contributed by atoms with E-state index in [0.717, 1.165) is 22.7 Å². The Morgan fingerprint density at radius 3 is 2.50 bits per heavy atom. The number of ether oxygens (including phenoxy) is 1. The van der Waals surface area contributed by atoms with E-state index in [1.807, 2.05) is 61.0 Å². The highest BCUT2D eigenvalue weighted by molar-refractivity contribution is 5.68. The van der Waals surface area contributed by atoms with Crippen molar-refractivity contribution in [2.45, 2.75) is 52.7 Å². The molecule has 0 saturated carbocycles. The molecule has 0 atom stereocenters. The molecule has 0 bridgehead atoms. The third kappa shape index (κ3) is 5.19. The Bertz CT molecular complexity index is 1710. The minimum atomic E-state index is -0.348. The van der Waals surface area contributed by atoms with Crippen molar-refractivity contribution in [1.82, 2.24) is 18.9 Å². The molecule has 5 aromatic rings. The van der Waals surface area contributed by atoms with Crippen LogP contribution in [0.1, 0.15) is 49.2 Å². The number of rotatable bonds is 8. The fraction of sp³-hybridized carbons (Fsp3) is 0.312. The van der Waals surface area contributed by atoms with Crippen LogP contribution in [0.3, 0.4) is 0 Å². The summed E-state index contributed by atoms with van der Waals surface area (Å²) in [6, 6.07) is 18.0. The number of aromatic nitrogens is 3. The standard InChI is InChI=1S/C32H35FN4O3/c1-21-28(22-12-9-13-24(17-22)39-6)30(38)37-27(20-35(5)19-25-14-10-16-40-25)29(32(2,3)4)34-31(37)36(21)18-23-11-7-8-15-26(23)33/h7-17H,18-20H2,1-6H3. The molecule has 208 valence electrons. The van der Waals surface area contributed by atoms with Gasteiger partial charge in [0.1, 0.15) is 17.3 Å². The molecule has 0 aliphatic carbocycles. The second-order valence-corrected chi connectivity index (χ2v) is 11.2. The van der Waals surface area contributed by atoms with E-state index < -0.39 is 0 Å². The molecule has 40 heavy (non-hydrogen) atoms. The Morgan fingerprint density at radius 2 is 1.82 bits per heavy atom. The molecule has 2 aromatic carbocycles. The lowest BCUT2D eigenvalue weighted by molar-refractivity contribution is 0.281. The Hall–Kier alpha value is -4.17. The summed E-state index contributed by atoms with van der Waals surface area (Å²) in [6.07, 6.45) is 1.66. The van der Waals surface area contributed by atoms with Gasteiger partial charge in [0.05, 0.1) is 43.4 Å². The van der Waals surface area contributed by atoms with Crippen molar-refractivity contribution in [2.75, 3.05) is 14.2 Å². The number of hydrogen-bond acceptors (Lipinski definition) is 5. The van der Waals surface area contributed by atoms with Gasteiger partial charge in [-0.3, -0.25) is 9.69 Å². The van der Waals surface area contributed by atoms with E-state index in [4.69, 9.17) is 14.1 Å². The number of benzene rings is 2. The largest absolute Gasteiger partial charge is 0.497 e. The normalized spacial score (nSPS) is 12.0. The topological polar surface area (TPSA) is 64.9 Å². The molecule has 0 fully saturated rings. The first-order valence-corrected chi connectivity index (χ1v) is 13.3. The minimum absolute atomic E-state index is 0.171. The Kier molecular flexibility index (Phi) is 7.38. The smallest absolute Gasteiger partial charge is 0.267 e. The average Bonchev–Trinajstić information content (AvgIpc) is 3.56. The van der Waals surface area contributed by atoms with Crippen molar-refractivity contribution in [3.8, 4) is 16.9 Å². The molecular weight excluding hydrogens is 507 g/mol. The highest BCUT2D eigenvalue weighted by Crippen LogP contribution is 2.31. The third-order valence-electron chi connectivity index (χ3n) is 7.16.